The minimum Gasteiger partial charge on any atom is -0.383 e. The van der Waals surface area contributed by atoms with Crippen molar-refractivity contribution in [1.29, 1.82) is 0 Å². The number of hydrogen-bond donors (Lipinski definition) is 2. The molecule has 3 aromatic rings. The van der Waals surface area contributed by atoms with E-state index >= 15 is 0 Å². The molecule has 2 atom stereocenters. The summed E-state index contributed by atoms with van der Waals surface area (Å²) in [5.41, 5.74) is 5.98. The summed E-state index contributed by atoms with van der Waals surface area (Å²) in [6.07, 6.45) is 1.30. The van der Waals surface area contributed by atoms with E-state index in [-0.39, 0.29) is 23.4 Å². The fraction of sp³-hybridized carbons (Fsp3) is 0.409. The summed E-state index contributed by atoms with van der Waals surface area (Å²) < 4.78 is 45.8. The van der Waals surface area contributed by atoms with Crippen molar-refractivity contribution in [2.24, 2.45) is 0 Å². The van der Waals surface area contributed by atoms with Gasteiger partial charge in [0.1, 0.15) is 11.3 Å². The SMILES string of the molecule is C[C@H](c1ccc(C(F)(F)F)cn1)N(C)C(=O)C(=O)Nc1cnc(N)c2cnn(C3CCCCO3)c12. The van der Waals surface area contributed by atoms with E-state index in [1.165, 1.54) is 25.5 Å². The molecular weight excluding hydrogens is 467 g/mol. The van der Waals surface area contributed by atoms with Gasteiger partial charge in [0.15, 0.2) is 6.23 Å². The van der Waals surface area contributed by atoms with Crippen LogP contribution in [0.15, 0.2) is 30.7 Å². The number of nitrogens with zero attached hydrogens (tertiary/aromatic N) is 5. The monoisotopic (exact) mass is 491 g/mol. The number of nitrogens with one attached hydrogen (secondary N) is 1. The second-order valence-corrected chi connectivity index (χ2v) is 8.25. The number of carbonyl (C=O) groups is 2. The van der Waals surface area contributed by atoms with Gasteiger partial charge >= 0.3 is 18.0 Å². The summed E-state index contributed by atoms with van der Waals surface area (Å²) in [6, 6.07) is 1.29. The Morgan fingerprint density at radius 1 is 1.23 bits per heavy atom. The average Bonchev–Trinajstić information content (AvgIpc) is 3.31. The van der Waals surface area contributed by atoms with Crippen molar-refractivity contribution in [3.05, 3.63) is 42.0 Å². The zero-order chi connectivity index (χ0) is 25.3. The van der Waals surface area contributed by atoms with Crippen molar-refractivity contribution in [3.8, 4) is 0 Å². The molecule has 35 heavy (non-hydrogen) atoms. The van der Waals surface area contributed by atoms with Gasteiger partial charge in [0.25, 0.3) is 0 Å². The summed E-state index contributed by atoms with van der Waals surface area (Å²) in [6.45, 7) is 2.13. The maximum absolute atomic E-state index is 12.8. The van der Waals surface area contributed by atoms with Gasteiger partial charge in [-0.1, -0.05) is 0 Å². The molecule has 1 fully saturated rings. The van der Waals surface area contributed by atoms with Gasteiger partial charge in [0.2, 0.25) is 0 Å². The number of hydrogen-bond acceptors (Lipinski definition) is 7. The van der Waals surface area contributed by atoms with Crippen LogP contribution in [0.3, 0.4) is 0 Å². The molecule has 1 aliphatic heterocycles. The zero-order valence-electron chi connectivity index (χ0n) is 19.0. The molecule has 0 radical (unpaired) electrons. The van der Waals surface area contributed by atoms with Gasteiger partial charge in [-0.3, -0.25) is 14.6 Å². The second kappa shape index (κ2) is 9.49. The Morgan fingerprint density at radius 3 is 2.63 bits per heavy atom. The summed E-state index contributed by atoms with van der Waals surface area (Å²) >= 11 is 0. The van der Waals surface area contributed by atoms with Crippen LogP contribution in [0.2, 0.25) is 0 Å². The lowest BCUT2D eigenvalue weighted by Crippen LogP contribution is -2.39. The highest BCUT2D eigenvalue weighted by Crippen LogP contribution is 2.32. The van der Waals surface area contributed by atoms with Gasteiger partial charge in [-0.25, -0.2) is 9.67 Å². The summed E-state index contributed by atoms with van der Waals surface area (Å²) in [5, 5.41) is 7.42. The Kier molecular flexibility index (Phi) is 6.61. The van der Waals surface area contributed by atoms with E-state index < -0.39 is 29.6 Å². The number of ether oxygens (including phenoxy) is 1. The third kappa shape index (κ3) is 4.90. The third-order valence-corrected chi connectivity index (χ3v) is 5.97. The van der Waals surface area contributed by atoms with Crippen LogP contribution in [0.25, 0.3) is 10.9 Å². The van der Waals surface area contributed by atoms with Crippen LogP contribution in [0.5, 0.6) is 0 Å². The van der Waals surface area contributed by atoms with Crippen molar-refractivity contribution in [2.75, 3.05) is 24.7 Å². The van der Waals surface area contributed by atoms with Crippen molar-refractivity contribution in [1.82, 2.24) is 24.6 Å². The molecule has 186 valence electrons. The van der Waals surface area contributed by atoms with E-state index in [0.29, 0.717) is 23.7 Å². The third-order valence-electron chi connectivity index (χ3n) is 5.97. The number of aromatic nitrogens is 4. The first-order chi connectivity index (χ1) is 16.6. The molecule has 0 bridgehead atoms. The minimum absolute atomic E-state index is 0.200. The number of nitrogen functional groups attached to an aromatic ring is 1. The molecule has 1 unspecified atom stereocenters. The lowest BCUT2D eigenvalue weighted by molar-refractivity contribution is -0.143. The summed E-state index contributed by atoms with van der Waals surface area (Å²) in [5.74, 6) is -1.66. The number of nitrogens with two attached hydrogens (primary N) is 1. The highest BCUT2D eigenvalue weighted by atomic mass is 19.4. The highest BCUT2D eigenvalue weighted by molar-refractivity contribution is 6.40. The molecule has 3 N–H and O–H groups in total. The van der Waals surface area contributed by atoms with Crippen LogP contribution in [0.1, 0.15) is 49.7 Å². The van der Waals surface area contributed by atoms with Crippen LogP contribution in [0, 0.1) is 0 Å². The van der Waals surface area contributed by atoms with Gasteiger partial charge in [0, 0.05) is 19.9 Å². The summed E-state index contributed by atoms with van der Waals surface area (Å²) in [7, 11) is 1.36. The molecule has 0 saturated carbocycles. The van der Waals surface area contributed by atoms with E-state index in [9.17, 15) is 22.8 Å². The number of halogens is 3. The van der Waals surface area contributed by atoms with Gasteiger partial charge in [-0.15, -0.1) is 0 Å². The smallest absolute Gasteiger partial charge is 0.383 e. The number of pyridine rings is 2. The lowest BCUT2D eigenvalue weighted by Gasteiger charge is -2.25. The van der Waals surface area contributed by atoms with Crippen molar-refractivity contribution in [3.63, 3.8) is 0 Å². The molecular formula is C22H24F3N7O3. The summed E-state index contributed by atoms with van der Waals surface area (Å²) in [4.78, 5) is 34.6. The largest absolute Gasteiger partial charge is 0.417 e. The van der Waals surface area contributed by atoms with Crippen molar-refractivity contribution < 1.29 is 27.5 Å². The van der Waals surface area contributed by atoms with Crippen molar-refractivity contribution in [2.45, 2.75) is 44.6 Å². The Balaban J connectivity index is 1.54. The van der Waals surface area contributed by atoms with E-state index in [4.69, 9.17) is 10.5 Å². The Bertz CT molecular complexity index is 1240. The van der Waals surface area contributed by atoms with E-state index in [0.717, 1.165) is 30.2 Å². The van der Waals surface area contributed by atoms with Crippen LogP contribution < -0.4 is 11.1 Å². The topological polar surface area (TPSA) is 128 Å². The van der Waals surface area contributed by atoms with Gasteiger partial charge in [0.05, 0.1) is 40.8 Å². The van der Waals surface area contributed by atoms with Crippen LogP contribution in [0.4, 0.5) is 24.7 Å². The Hall–Kier alpha value is -3.74. The number of alkyl halides is 3. The molecule has 1 aliphatic rings. The van der Waals surface area contributed by atoms with Crippen molar-refractivity contribution >= 4 is 34.2 Å². The van der Waals surface area contributed by atoms with E-state index in [1.54, 1.807) is 11.6 Å². The lowest BCUT2D eigenvalue weighted by atomic mass is 10.1. The molecule has 3 aromatic heterocycles. The average molecular weight is 491 g/mol. The predicted octanol–water partition coefficient (Wildman–Crippen LogP) is 3.28. The van der Waals surface area contributed by atoms with Crippen LogP contribution in [-0.4, -0.2) is 50.1 Å². The Morgan fingerprint density at radius 2 is 2.00 bits per heavy atom. The number of anilines is 2. The predicted molar refractivity (Wildman–Crippen MR) is 120 cm³/mol. The minimum atomic E-state index is -4.52. The first kappa shape index (κ1) is 24.4. The normalized spacial score (nSPS) is 17.2. The molecule has 13 heteroatoms. The second-order valence-electron chi connectivity index (χ2n) is 8.25. The maximum atomic E-state index is 12.8. The van der Waals surface area contributed by atoms with Gasteiger partial charge in [-0.2, -0.15) is 18.3 Å². The number of amides is 2. The number of rotatable bonds is 4. The fourth-order valence-electron chi connectivity index (χ4n) is 3.84. The fourth-order valence-corrected chi connectivity index (χ4v) is 3.84. The highest BCUT2D eigenvalue weighted by Gasteiger charge is 2.32. The number of carbonyl (C=O) groups excluding carboxylic acids is 2. The molecule has 10 nitrogen and oxygen atoms in total. The molecule has 0 spiro atoms. The van der Waals surface area contributed by atoms with E-state index in [1.807, 2.05) is 0 Å². The first-order valence-electron chi connectivity index (χ1n) is 10.9. The zero-order valence-corrected chi connectivity index (χ0v) is 19.0. The van der Waals surface area contributed by atoms with Gasteiger partial charge in [-0.05, 0) is 38.3 Å². The molecule has 2 amide bonds. The first-order valence-corrected chi connectivity index (χ1v) is 10.9. The molecule has 1 saturated heterocycles. The standard InChI is InChI=1S/C22H24F3N7O3/c1-12(15-7-6-13(9-27-15)22(23,24)25)31(2)21(34)20(33)30-16-11-28-19(26)14-10-29-32(18(14)16)17-5-3-4-8-35-17/h6-7,9-12,17H,3-5,8H2,1-2H3,(H2,26,28)(H,30,33)/t12-,17?/m1/s1. The molecule has 4 rings (SSSR count). The quantitative estimate of drug-likeness (QED) is 0.536. The van der Waals surface area contributed by atoms with Gasteiger partial charge < -0.3 is 20.7 Å². The van der Waals surface area contributed by atoms with Crippen LogP contribution in [-0.2, 0) is 20.5 Å². The Labute approximate surface area is 198 Å². The van der Waals surface area contributed by atoms with E-state index in [2.05, 4.69) is 20.4 Å². The number of likely N-dealkylation sites (N-methyl/N-ethyl adjacent to an activating group) is 1. The molecule has 0 aliphatic carbocycles. The maximum Gasteiger partial charge on any atom is 0.417 e. The molecule has 0 aromatic carbocycles. The molecule has 4 heterocycles. The van der Waals surface area contributed by atoms with Crippen LogP contribution >= 0.6 is 0 Å². The number of fused-ring (bicyclic) bond motifs is 1.